The molecule has 0 saturated carbocycles. The van der Waals surface area contributed by atoms with Crippen molar-refractivity contribution in [2.75, 3.05) is 5.32 Å². The minimum Gasteiger partial charge on any atom is -0.463 e. The van der Waals surface area contributed by atoms with Crippen LogP contribution in [0, 0.1) is 0 Å². The number of nitrogens with one attached hydrogen (secondary N) is 1. The molecule has 0 atom stereocenters. The van der Waals surface area contributed by atoms with E-state index in [0.29, 0.717) is 0 Å². The predicted octanol–water partition coefficient (Wildman–Crippen LogP) is 7.00. The fraction of sp³-hybridized carbons (Fsp3) is 0. The van der Waals surface area contributed by atoms with Gasteiger partial charge < -0.3 is 9.73 Å². The molecule has 1 aromatic heterocycles. The first kappa shape index (κ1) is 14.8. The van der Waals surface area contributed by atoms with E-state index in [4.69, 9.17) is 4.42 Å². The molecule has 0 amide bonds. The largest absolute Gasteiger partial charge is 0.463 e. The van der Waals surface area contributed by atoms with Crippen LogP contribution < -0.4 is 5.32 Å². The molecule has 0 unspecified atom stereocenters. The van der Waals surface area contributed by atoms with E-state index in [9.17, 15) is 0 Å². The summed E-state index contributed by atoms with van der Waals surface area (Å²) in [5.41, 5.74) is 3.28. The fourth-order valence-electron chi connectivity index (χ4n) is 3.43. The lowest BCUT2D eigenvalue weighted by molar-refractivity contribution is 0.587. The van der Waals surface area contributed by atoms with Crippen molar-refractivity contribution in [2.45, 2.75) is 0 Å². The molecular formula is C24H17NO. The van der Waals surface area contributed by atoms with Gasteiger partial charge in [-0.25, -0.2) is 0 Å². The molecule has 2 nitrogen and oxygen atoms in total. The van der Waals surface area contributed by atoms with Gasteiger partial charge in [-0.15, -0.1) is 0 Å². The molecule has 26 heavy (non-hydrogen) atoms. The topological polar surface area (TPSA) is 25.2 Å². The highest BCUT2D eigenvalue weighted by atomic mass is 16.3. The lowest BCUT2D eigenvalue weighted by Gasteiger charge is -2.10. The van der Waals surface area contributed by atoms with Crippen molar-refractivity contribution in [3.63, 3.8) is 0 Å². The fourth-order valence-corrected chi connectivity index (χ4v) is 3.43. The highest BCUT2D eigenvalue weighted by Crippen LogP contribution is 2.34. The van der Waals surface area contributed by atoms with Crippen LogP contribution in [0.25, 0.3) is 32.9 Å². The van der Waals surface area contributed by atoms with Crippen LogP contribution in [0.2, 0.25) is 0 Å². The third-order valence-corrected chi connectivity index (χ3v) is 4.70. The Bertz CT molecular complexity index is 1200. The number of hydrogen-bond acceptors (Lipinski definition) is 2. The molecule has 0 saturated heterocycles. The van der Waals surface area contributed by atoms with Crippen molar-refractivity contribution in [3.05, 3.63) is 97.3 Å². The first-order valence-corrected chi connectivity index (χ1v) is 8.70. The Morgan fingerprint density at radius 1 is 0.615 bits per heavy atom. The second-order valence-corrected chi connectivity index (χ2v) is 6.38. The summed E-state index contributed by atoms with van der Waals surface area (Å²) in [4.78, 5) is 0. The Morgan fingerprint density at radius 2 is 1.42 bits per heavy atom. The van der Waals surface area contributed by atoms with Gasteiger partial charge in [-0.05, 0) is 29.7 Å². The van der Waals surface area contributed by atoms with Crippen LogP contribution >= 0.6 is 0 Å². The molecule has 0 bridgehead atoms. The molecular weight excluding hydrogens is 318 g/mol. The Morgan fingerprint density at radius 3 is 2.35 bits per heavy atom. The number of fused-ring (bicyclic) bond motifs is 2. The highest BCUT2D eigenvalue weighted by Gasteiger charge is 2.10. The Hall–Kier alpha value is -3.52. The van der Waals surface area contributed by atoms with Gasteiger partial charge in [-0.2, -0.15) is 0 Å². The van der Waals surface area contributed by atoms with Gasteiger partial charge in [-0.1, -0.05) is 66.7 Å². The molecule has 1 N–H and O–H groups in total. The van der Waals surface area contributed by atoms with Crippen molar-refractivity contribution in [1.82, 2.24) is 0 Å². The second kappa shape index (κ2) is 6.08. The predicted molar refractivity (Wildman–Crippen MR) is 109 cm³/mol. The van der Waals surface area contributed by atoms with Crippen LogP contribution in [0.15, 0.2) is 102 Å². The molecule has 0 radical (unpaired) electrons. The molecule has 5 aromatic rings. The van der Waals surface area contributed by atoms with E-state index in [1.54, 1.807) is 0 Å². The summed E-state index contributed by atoms with van der Waals surface area (Å²) in [5, 5.41) is 8.15. The van der Waals surface area contributed by atoms with Gasteiger partial charge in [0.1, 0.15) is 5.76 Å². The molecule has 0 fully saturated rings. The molecule has 0 spiro atoms. The van der Waals surface area contributed by atoms with E-state index < -0.39 is 0 Å². The minimum atomic E-state index is 0.920. The average molecular weight is 335 g/mol. The van der Waals surface area contributed by atoms with Crippen LogP contribution in [0.4, 0.5) is 11.4 Å². The molecule has 0 aliphatic rings. The first-order valence-electron chi connectivity index (χ1n) is 8.70. The summed E-state index contributed by atoms with van der Waals surface area (Å²) >= 11 is 0. The van der Waals surface area contributed by atoms with E-state index in [1.165, 1.54) is 10.8 Å². The number of hydrogen-bond donors (Lipinski definition) is 1. The standard InChI is InChI=1S/C24H17NO/c1-2-9-20(10-3-1)25-23-12-6-8-17-15-18(13-14-21(17)23)24-22-11-5-4-7-19(22)16-26-24/h1-16,25H. The number of furan rings is 1. The van der Waals surface area contributed by atoms with E-state index >= 15 is 0 Å². The maximum atomic E-state index is 5.86. The first-order chi connectivity index (χ1) is 12.9. The average Bonchev–Trinajstić information content (AvgIpc) is 3.13. The summed E-state index contributed by atoms with van der Waals surface area (Å²) in [6, 6.07) is 31.3. The number of benzene rings is 4. The van der Waals surface area contributed by atoms with Crippen molar-refractivity contribution in [1.29, 1.82) is 0 Å². The second-order valence-electron chi connectivity index (χ2n) is 6.38. The zero-order valence-corrected chi connectivity index (χ0v) is 14.1. The maximum absolute atomic E-state index is 5.86. The number of para-hydroxylation sites is 1. The molecule has 1 heterocycles. The minimum absolute atomic E-state index is 0.920. The van der Waals surface area contributed by atoms with Gasteiger partial charge >= 0.3 is 0 Å². The Balaban J connectivity index is 1.60. The van der Waals surface area contributed by atoms with E-state index in [-0.39, 0.29) is 0 Å². The van der Waals surface area contributed by atoms with Crippen LogP contribution in [0.5, 0.6) is 0 Å². The summed E-state index contributed by atoms with van der Waals surface area (Å²) in [7, 11) is 0. The lowest BCUT2D eigenvalue weighted by Crippen LogP contribution is -1.91. The van der Waals surface area contributed by atoms with Crippen molar-refractivity contribution in [3.8, 4) is 11.3 Å². The molecule has 124 valence electrons. The van der Waals surface area contributed by atoms with Gasteiger partial charge in [0, 0.05) is 33.1 Å². The summed E-state index contributed by atoms with van der Waals surface area (Å²) in [6.07, 6.45) is 1.82. The molecule has 2 heteroatoms. The molecule has 4 aromatic carbocycles. The lowest BCUT2D eigenvalue weighted by atomic mass is 10.0. The van der Waals surface area contributed by atoms with Gasteiger partial charge in [0.15, 0.2) is 0 Å². The van der Waals surface area contributed by atoms with Crippen molar-refractivity contribution < 1.29 is 4.42 Å². The summed E-state index contributed by atoms with van der Waals surface area (Å²) in [6.45, 7) is 0. The number of anilines is 2. The van der Waals surface area contributed by atoms with Gasteiger partial charge in [-0.3, -0.25) is 0 Å². The highest BCUT2D eigenvalue weighted by molar-refractivity contribution is 6.00. The summed E-state index contributed by atoms with van der Waals surface area (Å²) in [5.74, 6) is 0.920. The third kappa shape index (κ3) is 2.52. The third-order valence-electron chi connectivity index (χ3n) is 4.70. The molecule has 0 aliphatic carbocycles. The van der Waals surface area contributed by atoms with Crippen LogP contribution in [0.1, 0.15) is 0 Å². The zero-order valence-electron chi connectivity index (χ0n) is 14.1. The Kier molecular flexibility index (Phi) is 3.46. The van der Waals surface area contributed by atoms with Crippen LogP contribution in [-0.4, -0.2) is 0 Å². The normalized spacial score (nSPS) is 11.1. The SMILES string of the molecule is c1ccc(Nc2cccc3cc(-c4occ5ccccc45)ccc23)cc1. The smallest absolute Gasteiger partial charge is 0.141 e. The molecule has 0 aliphatic heterocycles. The van der Waals surface area contributed by atoms with E-state index in [1.807, 2.05) is 36.6 Å². The Labute approximate surface area is 151 Å². The van der Waals surface area contributed by atoms with Crippen LogP contribution in [-0.2, 0) is 0 Å². The maximum Gasteiger partial charge on any atom is 0.141 e. The van der Waals surface area contributed by atoms with Gasteiger partial charge in [0.2, 0.25) is 0 Å². The van der Waals surface area contributed by atoms with E-state index in [0.717, 1.165) is 33.5 Å². The quantitative estimate of drug-likeness (QED) is 0.384. The molecule has 5 rings (SSSR count). The van der Waals surface area contributed by atoms with E-state index in [2.05, 4.69) is 66.0 Å². The summed E-state index contributed by atoms with van der Waals surface area (Å²) < 4.78 is 5.86. The number of rotatable bonds is 3. The van der Waals surface area contributed by atoms with Crippen LogP contribution in [0.3, 0.4) is 0 Å². The van der Waals surface area contributed by atoms with Gasteiger partial charge in [0.25, 0.3) is 0 Å². The van der Waals surface area contributed by atoms with Gasteiger partial charge in [0.05, 0.1) is 6.26 Å². The van der Waals surface area contributed by atoms with Crippen molar-refractivity contribution >= 4 is 32.9 Å². The monoisotopic (exact) mass is 335 g/mol. The zero-order chi connectivity index (χ0) is 17.3. The van der Waals surface area contributed by atoms with Crippen molar-refractivity contribution in [2.24, 2.45) is 0 Å².